The molecule has 2 saturated carbocycles. The van der Waals surface area contributed by atoms with Gasteiger partial charge in [0.05, 0.1) is 7.11 Å². The molecule has 20 heavy (non-hydrogen) atoms. The van der Waals surface area contributed by atoms with Gasteiger partial charge in [-0.05, 0) is 49.1 Å². The molecule has 3 unspecified atom stereocenters. The Bertz CT molecular complexity index is 517. The van der Waals surface area contributed by atoms with E-state index in [1.807, 2.05) is 18.2 Å². The first kappa shape index (κ1) is 13.7. The van der Waals surface area contributed by atoms with Crippen molar-refractivity contribution in [1.82, 2.24) is 0 Å². The quantitative estimate of drug-likeness (QED) is 0.818. The molecule has 0 saturated heterocycles. The van der Waals surface area contributed by atoms with Crippen molar-refractivity contribution in [3.05, 3.63) is 23.8 Å². The highest BCUT2D eigenvalue weighted by molar-refractivity contribution is 7.80. The van der Waals surface area contributed by atoms with Crippen LogP contribution >= 0.6 is 12.2 Å². The van der Waals surface area contributed by atoms with Gasteiger partial charge in [0.1, 0.15) is 10.7 Å². The zero-order valence-corrected chi connectivity index (χ0v) is 12.7. The third kappa shape index (κ3) is 2.62. The van der Waals surface area contributed by atoms with E-state index in [-0.39, 0.29) is 0 Å². The summed E-state index contributed by atoms with van der Waals surface area (Å²) in [4.78, 5) is 0.433. The summed E-state index contributed by atoms with van der Waals surface area (Å²) in [5.41, 5.74) is 7.71. The van der Waals surface area contributed by atoms with Crippen molar-refractivity contribution in [2.45, 2.75) is 25.7 Å². The zero-order chi connectivity index (χ0) is 14.1. The van der Waals surface area contributed by atoms with Crippen molar-refractivity contribution in [2.24, 2.45) is 23.5 Å². The molecule has 3 atom stereocenters. The smallest absolute Gasteiger partial charge is 0.120 e. The van der Waals surface area contributed by atoms with Gasteiger partial charge in [-0.3, -0.25) is 0 Å². The third-order valence-corrected chi connectivity index (χ3v) is 5.15. The molecule has 0 radical (unpaired) electrons. The van der Waals surface area contributed by atoms with Crippen LogP contribution in [0.3, 0.4) is 0 Å². The van der Waals surface area contributed by atoms with E-state index in [0.717, 1.165) is 41.3 Å². The summed E-state index contributed by atoms with van der Waals surface area (Å²) in [5.74, 6) is 3.54. The Morgan fingerprint density at radius 1 is 1.40 bits per heavy atom. The first-order chi connectivity index (χ1) is 9.67. The number of rotatable bonds is 5. The molecule has 0 spiro atoms. The topological polar surface area (TPSA) is 47.3 Å². The van der Waals surface area contributed by atoms with Gasteiger partial charge >= 0.3 is 0 Å². The molecule has 4 heteroatoms. The summed E-state index contributed by atoms with van der Waals surface area (Å²) in [7, 11) is 1.68. The Labute approximate surface area is 125 Å². The maximum atomic E-state index is 5.80. The molecule has 1 aromatic carbocycles. The van der Waals surface area contributed by atoms with Crippen molar-refractivity contribution >= 4 is 22.9 Å². The molecule has 108 valence electrons. The van der Waals surface area contributed by atoms with Crippen molar-refractivity contribution in [2.75, 3.05) is 19.0 Å². The molecule has 1 aromatic rings. The molecule has 3 N–H and O–H groups in total. The molecule has 2 bridgehead atoms. The van der Waals surface area contributed by atoms with Gasteiger partial charge in [0.15, 0.2) is 0 Å². The van der Waals surface area contributed by atoms with Crippen LogP contribution in [0.2, 0.25) is 0 Å². The summed E-state index contributed by atoms with van der Waals surface area (Å²) >= 11 is 5.13. The number of hydrogen-bond donors (Lipinski definition) is 2. The maximum Gasteiger partial charge on any atom is 0.120 e. The number of nitrogens with one attached hydrogen (secondary N) is 1. The van der Waals surface area contributed by atoms with Crippen molar-refractivity contribution in [3.8, 4) is 5.75 Å². The summed E-state index contributed by atoms with van der Waals surface area (Å²) in [6.45, 7) is 1.02. The van der Waals surface area contributed by atoms with Gasteiger partial charge in [-0.1, -0.05) is 18.6 Å². The number of benzene rings is 1. The minimum Gasteiger partial charge on any atom is -0.497 e. The highest BCUT2D eigenvalue weighted by atomic mass is 32.1. The summed E-state index contributed by atoms with van der Waals surface area (Å²) in [6.07, 6.45) is 5.67. The number of hydrogen-bond acceptors (Lipinski definition) is 3. The highest BCUT2D eigenvalue weighted by Gasteiger charge is 2.39. The fourth-order valence-corrected chi connectivity index (χ4v) is 4.06. The minimum atomic E-state index is 0.433. The Morgan fingerprint density at radius 2 is 2.25 bits per heavy atom. The van der Waals surface area contributed by atoms with Gasteiger partial charge in [0.25, 0.3) is 0 Å². The van der Waals surface area contributed by atoms with E-state index in [2.05, 4.69) is 5.32 Å². The summed E-state index contributed by atoms with van der Waals surface area (Å²) in [6, 6.07) is 5.82. The first-order valence-corrected chi connectivity index (χ1v) is 7.80. The molecule has 3 rings (SSSR count). The SMILES string of the molecule is COc1ccc(C(N)=S)c(NCC2CC3CCC2C3)c1. The summed E-state index contributed by atoms with van der Waals surface area (Å²) in [5, 5.41) is 3.55. The van der Waals surface area contributed by atoms with Crippen LogP contribution in [0.15, 0.2) is 18.2 Å². The lowest BCUT2D eigenvalue weighted by Crippen LogP contribution is -2.22. The fraction of sp³-hybridized carbons (Fsp3) is 0.562. The van der Waals surface area contributed by atoms with E-state index in [1.165, 1.54) is 25.7 Å². The van der Waals surface area contributed by atoms with Gasteiger partial charge in [-0.25, -0.2) is 0 Å². The van der Waals surface area contributed by atoms with E-state index in [1.54, 1.807) is 7.11 Å². The van der Waals surface area contributed by atoms with Crippen molar-refractivity contribution in [1.29, 1.82) is 0 Å². The molecule has 3 nitrogen and oxygen atoms in total. The second-order valence-corrected chi connectivity index (χ2v) is 6.53. The van der Waals surface area contributed by atoms with Crippen LogP contribution < -0.4 is 15.8 Å². The van der Waals surface area contributed by atoms with Crippen LogP contribution in [0.1, 0.15) is 31.2 Å². The number of nitrogens with two attached hydrogens (primary N) is 1. The lowest BCUT2D eigenvalue weighted by Gasteiger charge is -2.23. The van der Waals surface area contributed by atoms with E-state index < -0.39 is 0 Å². The van der Waals surface area contributed by atoms with Crippen LogP contribution in [0.25, 0.3) is 0 Å². The zero-order valence-electron chi connectivity index (χ0n) is 11.9. The Morgan fingerprint density at radius 3 is 2.85 bits per heavy atom. The van der Waals surface area contributed by atoms with Crippen LogP contribution in [-0.2, 0) is 0 Å². The maximum absolute atomic E-state index is 5.80. The number of anilines is 1. The third-order valence-electron chi connectivity index (χ3n) is 4.93. The van der Waals surface area contributed by atoms with E-state index in [4.69, 9.17) is 22.7 Å². The second-order valence-electron chi connectivity index (χ2n) is 6.09. The van der Waals surface area contributed by atoms with E-state index in [9.17, 15) is 0 Å². The monoisotopic (exact) mass is 290 g/mol. The second kappa shape index (κ2) is 5.60. The number of methoxy groups -OCH3 is 1. The normalized spacial score (nSPS) is 27.6. The minimum absolute atomic E-state index is 0.433. The van der Waals surface area contributed by atoms with Crippen LogP contribution in [0.5, 0.6) is 5.75 Å². The molecule has 2 aliphatic rings. The van der Waals surface area contributed by atoms with Crippen LogP contribution in [0, 0.1) is 17.8 Å². The van der Waals surface area contributed by atoms with Gasteiger partial charge < -0.3 is 15.8 Å². The molecule has 2 fully saturated rings. The lowest BCUT2D eigenvalue weighted by molar-refractivity contribution is 0.348. The molecule has 2 aliphatic carbocycles. The number of fused-ring (bicyclic) bond motifs is 2. The van der Waals surface area contributed by atoms with E-state index >= 15 is 0 Å². The molecular weight excluding hydrogens is 268 g/mol. The molecule has 0 aliphatic heterocycles. The van der Waals surface area contributed by atoms with Gasteiger partial charge in [0, 0.05) is 23.9 Å². The molecular formula is C16H22N2OS. The molecule has 0 aromatic heterocycles. The van der Waals surface area contributed by atoms with Gasteiger partial charge in [-0.2, -0.15) is 0 Å². The molecule has 0 amide bonds. The predicted octanol–water partition coefficient (Wildman–Crippen LogP) is 3.18. The van der Waals surface area contributed by atoms with Crippen LogP contribution in [-0.4, -0.2) is 18.6 Å². The average Bonchev–Trinajstić information content (AvgIpc) is 3.07. The van der Waals surface area contributed by atoms with E-state index in [0.29, 0.717) is 4.99 Å². The largest absolute Gasteiger partial charge is 0.497 e. The fourth-order valence-electron chi connectivity index (χ4n) is 3.88. The van der Waals surface area contributed by atoms with Crippen molar-refractivity contribution in [3.63, 3.8) is 0 Å². The Balaban J connectivity index is 1.71. The summed E-state index contributed by atoms with van der Waals surface area (Å²) < 4.78 is 5.29. The Hall–Kier alpha value is -1.29. The molecule has 0 heterocycles. The number of thiocarbonyl (C=S) groups is 1. The first-order valence-electron chi connectivity index (χ1n) is 7.39. The van der Waals surface area contributed by atoms with Gasteiger partial charge in [0.2, 0.25) is 0 Å². The standard InChI is InChI=1S/C16H22N2OS/c1-19-13-4-5-14(16(17)20)15(8-13)18-9-12-7-10-2-3-11(12)6-10/h4-5,8,10-12,18H,2-3,6-7,9H2,1H3,(H2,17,20). The predicted molar refractivity (Wildman–Crippen MR) is 86.3 cm³/mol. The highest BCUT2D eigenvalue weighted by Crippen LogP contribution is 2.48. The van der Waals surface area contributed by atoms with Gasteiger partial charge in [-0.15, -0.1) is 0 Å². The van der Waals surface area contributed by atoms with Crippen molar-refractivity contribution < 1.29 is 4.74 Å². The average molecular weight is 290 g/mol. The lowest BCUT2D eigenvalue weighted by atomic mass is 9.89. The number of ether oxygens (including phenoxy) is 1. The van der Waals surface area contributed by atoms with Crippen LogP contribution in [0.4, 0.5) is 5.69 Å². The Kier molecular flexibility index (Phi) is 3.83.